The summed E-state index contributed by atoms with van der Waals surface area (Å²) < 4.78 is 54.2. The highest BCUT2D eigenvalue weighted by Gasteiger charge is 2.46. The van der Waals surface area contributed by atoms with Gasteiger partial charge in [0, 0.05) is 12.8 Å². The lowest BCUT2D eigenvalue weighted by Gasteiger charge is -2.40. The molecule has 0 amide bonds. The van der Waals surface area contributed by atoms with Crippen molar-refractivity contribution in [3.05, 3.63) is 24.3 Å². The van der Waals surface area contributed by atoms with Gasteiger partial charge in [-0.15, -0.1) is 0 Å². The van der Waals surface area contributed by atoms with E-state index in [4.69, 9.17) is 18.9 Å². The molecule has 12 nitrogen and oxygen atoms in total. The van der Waals surface area contributed by atoms with Crippen LogP contribution in [0.15, 0.2) is 24.3 Å². The van der Waals surface area contributed by atoms with Gasteiger partial charge in [0.25, 0.3) is 10.1 Å². The number of hydrogen-bond donors (Lipinski definition) is 4. The van der Waals surface area contributed by atoms with Crippen LogP contribution in [0.4, 0.5) is 0 Å². The summed E-state index contributed by atoms with van der Waals surface area (Å²) in [7, 11) is -4.60. The van der Waals surface area contributed by atoms with Crippen LogP contribution in [0.3, 0.4) is 0 Å². The number of allylic oxidation sites excluding steroid dienone is 4. The lowest BCUT2D eigenvalue weighted by molar-refractivity contribution is -0.297. The Morgan fingerprint density at radius 1 is 0.532 bits per heavy atom. The predicted octanol–water partition coefficient (Wildman–Crippen LogP) is 10.8. The molecule has 1 rings (SSSR count). The van der Waals surface area contributed by atoms with E-state index in [-0.39, 0.29) is 19.4 Å². The van der Waals surface area contributed by atoms with E-state index in [0.29, 0.717) is 12.8 Å². The highest BCUT2D eigenvalue weighted by Crippen LogP contribution is 2.24. The van der Waals surface area contributed by atoms with Crippen LogP contribution in [0.2, 0.25) is 0 Å². The first-order valence-electron chi connectivity index (χ1n) is 24.9. The monoisotopic (exact) mass is 903 g/mol. The fourth-order valence-corrected chi connectivity index (χ4v) is 8.30. The third kappa shape index (κ3) is 33.6. The van der Waals surface area contributed by atoms with E-state index in [0.717, 1.165) is 57.8 Å². The van der Waals surface area contributed by atoms with Gasteiger partial charge >= 0.3 is 11.9 Å². The smallest absolute Gasteiger partial charge is 0.306 e. The first-order chi connectivity index (χ1) is 30.0. The molecule has 0 spiro atoms. The zero-order valence-electron chi connectivity index (χ0n) is 39.0. The van der Waals surface area contributed by atoms with Crippen molar-refractivity contribution in [2.75, 3.05) is 19.0 Å². The molecule has 0 aromatic rings. The molecule has 0 radical (unpaired) electrons. The van der Waals surface area contributed by atoms with E-state index < -0.39 is 71.2 Å². The third-order valence-corrected chi connectivity index (χ3v) is 12.3. The van der Waals surface area contributed by atoms with Crippen molar-refractivity contribution in [3.8, 4) is 0 Å². The fraction of sp³-hybridized carbons (Fsp3) is 0.878. The Bertz CT molecular complexity index is 1240. The van der Waals surface area contributed by atoms with Gasteiger partial charge in [0.1, 0.15) is 36.8 Å². The number of aliphatic hydroxyl groups is 3. The minimum absolute atomic E-state index is 0.162. The van der Waals surface area contributed by atoms with Crippen LogP contribution in [-0.2, 0) is 38.7 Å². The number of esters is 2. The zero-order chi connectivity index (χ0) is 45.5. The second-order valence-electron chi connectivity index (χ2n) is 17.5. The SMILES string of the molecule is CCCCCCCC/C=C\CCCCCCCCCCCC(=O)OC(COC(=O)CCCCCCC/C=C\CCCCCCCC)COC1OC(CS(=O)(=O)O)C(O)C(O)C1O. The van der Waals surface area contributed by atoms with Crippen molar-refractivity contribution in [1.82, 2.24) is 0 Å². The fourth-order valence-electron chi connectivity index (χ4n) is 7.61. The van der Waals surface area contributed by atoms with E-state index >= 15 is 0 Å². The molecule has 1 fully saturated rings. The maximum Gasteiger partial charge on any atom is 0.306 e. The van der Waals surface area contributed by atoms with E-state index in [1.165, 1.54) is 122 Å². The van der Waals surface area contributed by atoms with Gasteiger partial charge in [-0.3, -0.25) is 14.1 Å². The summed E-state index contributed by atoms with van der Waals surface area (Å²) in [4.78, 5) is 25.5. The summed E-state index contributed by atoms with van der Waals surface area (Å²) in [5.74, 6) is -1.99. The highest BCUT2D eigenvalue weighted by molar-refractivity contribution is 7.85. The van der Waals surface area contributed by atoms with Gasteiger partial charge in [0.2, 0.25) is 0 Å². The van der Waals surface area contributed by atoms with Gasteiger partial charge in [-0.2, -0.15) is 8.42 Å². The van der Waals surface area contributed by atoms with Crippen molar-refractivity contribution in [1.29, 1.82) is 0 Å². The summed E-state index contributed by atoms with van der Waals surface area (Å²) in [5, 5.41) is 30.9. The maximum absolute atomic E-state index is 12.9. The Balaban J connectivity index is 2.40. The number of aliphatic hydroxyl groups excluding tert-OH is 3. The molecule has 0 aromatic carbocycles. The van der Waals surface area contributed by atoms with Crippen molar-refractivity contribution >= 4 is 22.1 Å². The normalized spacial score (nSPS) is 20.0. The molecule has 1 heterocycles. The first kappa shape index (κ1) is 58.1. The van der Waals surface area contributed by atoms with Gasteiger partial charge in [-0.05, 0) is 64.2 Å². The number of rotatable bonds is 42. The summed E-state index contributed by atoms with van der Waals surface area (Å²) in [6.07, 6.45) is 35.0. The highest BCUT2D eigenvalue weighted by atomic mass is 32.2. The first-order valence-corrected chi connectivity index (χ1v) is 26.5. The van der Waals surface area contributed by atoms with Crippen molar-refractivity contribution in [2.45, 2.75) is 256 Å². The van der Waals surface area contributed by atoms with Crippen LogP contribution in [0.1, 0.15) is 219 Å². The number of hydrogen-bond acceptors (Lipinski definition) is 11. The quantitative estimate of drug-likeness (QED) is 0.0197. The minimum Gasteiger partial charge on any atom is -0.462 e. The Kier molecular flexibility index (Phi) is 37.0. The standard InChI is InChI=1S/C49H90O12S/c1-3-5-7-9-11-13-15-17-19-20-21-22-24-26-28-30-32-34-36-38-45(51)60-42(40-59-49-48(54)47(53)46(52)43(61-49)41-62(55,56)57)39-58-44(50)37-35-33-31-29-27-25-23-18-16-14-12-10-8-6-4-2/h17-19,23,42-43,46-49,52-54H,3-16,20-22,24-41H2,1-2H3,(H,55,56,57)/b19-17-,23-18-. The number of unbranched alkanes of at least 4 members (excludes halogenated alkanes) is 26. The average Bonchev–Trinajstić information content (AvgIpc) is 3.24. The summed E-state index contributed by atoms with van der Waals surface area (Å²) in [5.41, 5.74) is 0. The Morgan fingerprint density at radius 2 is 0.919 bits per heavy atom. The molecule has 6 unspecified atom stereocenters. The molecule has 1 aliphatic rings. The molecule has 13 heteroatoms. The van der Waals surface area contributed by atoms with E-state index in [1.54, 1.807) is 0 Å². The third-order valence-electron chi connectivity index (χ3n) is 11.5. The van der Waals surface area contributed by atoms with Gasteiger partial charge in [0.15, 0.2) is 12.4 Å². The second kappa shape index (κ2) is 39.5. The van der Waals surface area contributed by atoms with Crippen LogP contribution in [-0.4, -0.2) is 96.0 Å². The van der Waals surface area contributed by atoms with Gasteiger partial charge in [0.05, 0.1) is 6.61 Å². The topological polar surface area (TPSA) is 186 Å². The van der Waals surface area contributed by atoms with E-state index in [1.807, 2.05) is 0 Å². The Labute approximate surface area is 377 Å². The molecule has 1 saturated heterocycles. The van der Waals surface area contributed by atoms with Crippen LogP contribution in [0.25, 0.3) is 0 Å². The minimum atomic E-state index is -4.60. The lowest BCUT2D eigenvalue weighted by Crippen LogP contribution is -2.60. The Hall–Kier alpha value is -1.87. The zero-order valence-corrected chi connectivity index (χ0v) is 39.8. The molecule has 364 valence electrons. The van der Waals surface area contributed by atoms with Gasteiger partial charge < -0.3 is 34.3 Å². The summed E-state index contributed by atoms with van der Waals surface area (Å²) in [6, 6.07) is 0. The van der Waals surface area contributed by atoms with Crippen LogP contribution in [0.5, 0.6) is 0 Å². The summed E-state index contributed by atoms with van der Waals surface area (Å²) in [6.45, 7) is 3.76. The molecule has 0 saturated carbocycles. The average molecular weight is 903 g/mol. The number of carbonyl (C=O) groups excluding carboxylic acids is 2. The number of carbonyl (C=O) groups is 2. The van der Waals surface area contributed by atoms with E-state index in [9.17, 15) is 37.9 Å². The molecular weight excluding hydrogens is 813 g/mol. The van der Waals surface area contributed by atoms with Gasteiger partial charge in [-0.1, -0.05) is 167 Å². The van der Waals surface area contributed by atoms with Crippen LogP contribution < -0.4 is 0 Å². The predicted molar refractivity (Wildman–Crippen MR) is 247 cm³/mol. The van der Waals surface area contributed by atoms with Crippen molar-refractivity contribution in [2.24, 2.45) is 0 Å². The molecule has 1 aliphatic heterocycles. The number of ether oxygens (including phenoxy) is 4. The lowest BCUT2D eigenvalue weighted by atomic mass is 10.00. The van der Waals surface area contributed by atoms with Crippen LogP contribution in [0, 0.1) is 0 Å². The second-order valence-corrected chi connectivity index (χ2v) is 19.0. The molecule has 0 aromatic heterocycles. The molecule has 62 heavy (non-hydrogen) atoms. The molecule has 0 bridgehead atoms. The molecule has 4 N–H and O–H groups in total. The molecule has 6 atom stereocenters. The van der Waals surface area contributed by atoms with Gasteiger partial charge in [-0.25, -0.2) is 0 Å². The maximum atomic E-state index is 12.9. The van der Waals surface area contributed by atoms with Crippen LogP contribution >= 0.6 is 0 Å². The Morgan fingerprint density at radius 3 is 1.34 bits per heavy atom. The molecular formula is C49H90O12S. The van der Waals surface area contributed by atoms with Crippen molar-refractivity contribution in [3.63, 3.8) is 0 Å². The molecule has 0 aliphatic carbocycles. The van der Waals surface area contributed by atoms with E-state index in [2.05, 4.69) is 38.2 Å². The summed E-state index contributed by atoms with van der Waals surface area (Å²) >= 11 is 0. The largest absolute Gasteiger partial charge is 0.462 e. The van der Waals surface area contributed by atoms with Crippen molar-refractivity contribution < 1.29 is 56.8 Å².